The minimum Gasteiger partial charge on any atom is -0.369 e. The third-order valence-corrected chi connectivity index (χ3v) is 4.80. The molecule has 0 radical (unpaired) electrons. The molecule has 1 aliphatic heterocycles. The zero-order valence-electron chi connectivity index (χ0n) is 13.6. The van der Waals surface area contributed by atoms with Crippen LogP contribution in [-0.4, -0.2) is 16.7 Å². The van der Waals surface area contributed by atoms with Crippen molar-refractivity contribution in [3.05, 3.63) is 35.9 Å². The highest BCUT2D eigenvalue weighted by molar-refractivity contribution is 5.20. The second-order valence-corrected chi connectivity index (χ2v) is 7.47. The Labute approximate surface area is 123 Å². The molecule has 1 heterocycles. The summed E-state index contributed by atoms with van der Waals surface area (Å²) in [6, 6.07) is 10.6. The van der Waals surface area contributed by atoms with Crippen LogP contribution in [0.4, 0.5) is 0 Å². The van der Waals surface area contributed by atoms with Crippen LogP contribution in [0.25, 0.3) is 0 Å². The lowest BCUT2D eigenvalue weighted by atomic mass is 9.69. The van der Waals surface area contributed by atoms with Gasteiger partial charge in [-0.3, -0.25) is 0 Å². The number of ether oxygens (including phenoxy) is 1. The van der Waals surface area contributed by atoms with Crippen LogP contribution in [0, 0.1) is 5.92 Å². The second-order valence-electron chi connectivity index (χ2n) is 7.47. The van der Waals surface area contributed by atoms with Crippen LogP contribution in [0.1, 0.15) is 53.0 Å². The highest BCUT2D eigenvalue weighted by Gasteiger charge is 2.53. The average molecular weight is 275 g/mol. The lowest BCUT2D eigenvalue weighted by molar-refractivity contribution is -0.0821. The van der Waals surface area contributed by atoms with E-state index in [1.807, 2.05) is 0 Å². The van der Waals surface area contributed by atoms with Crippen molar-refractivity contribution in [3.8, 4) is 0 Å². The maximum Gasteiger partial charge on any atom is 0.0680 e. The third-order valence-electron chi connectivity index (χ3n) is 4.80. The minimum atomic E-state index is -0.210. The number of nitrogens with two attached hydrogens (primary N) is 1. The Hall–Kier alpha value is -0.860. The first-order chi connectivity index (χ1) is 9.19. The number of hydrogen-bond acceptors (Lipinski definition) is 2. The molecule has 1 fully saturated rings. The van der Waals surface area contributed by atoms with Crippen molar-refractivity contribution in [1.29, 1.82) is 0 Å². The molecule has 2 nitrogen and oxygen atoms in total. The summed E-state index contributed by atoms with van der Waals surface area (Å²) in [6.45, 7) is 10.9. The zero-order valence-corrected chi connectivity index (χ0v) is 13.6. The number of hydrogen-bond donors (Lipinski definition) is 1. The molecule has 2 heteroatoms. The molecule has 1 aliphatic rings. The summed E-state index contributed by atoms with van der Waals surface area (Å²) < 4.78 is 6.25. The van der Waals surface area contributed by atoms with E-state index in [1.165, 1.54) is 5.56 Å². The van der Waals surface area contributed by atoms with E-state index in [2.05, 4.69) is 65.0 Å². The van der Waals surface area contributed by atoms with Crippen LogP contribution in [0.2, 0.25) is 0 Å². The van der Waals surface area contributed by atoms with Crippen LogP contribution in [0.15, 0.2) is 30.3 Å². The van der Waals surface area contributed by atoms with Gasteiger partial charge in [-0.2, -0.15) is 0 Å². The first-order valence-electron chi connectivity index (χ1n) is 7.71. The predicted octanol–water partition coefficient (Wildman–Crippen LogP) is 3.93. The van der Waals surface area contributed by atoms with Gasteiger partial charge in [-0.1, -0.05) is 37.3 Å². The molecule has 0 bridgehead atoms. The molecular formula is C18H29NO. The van der Waals surface area contributed by atoms with Gasteiger partial charge in [0.15, 0.2) is 0 Å². The standard InChI is InChI=1S/C18H29NO/c1-6-18(19,12-14-10-8-7-9-11-14)15-13-16(2,3)20-17(15,4)5/h7-11,15H,6,12-13,19H2,1-5H3. The molecule has 2 unspecified atom stereocenters. The maximum atomic E-state index is 6.85. The SMILES string of the molecule is CCC(N)(Cc1ccccc1)C1CC(C)(C)OC1(C)C. The first-order valence-corrected chi connectivity index (χ1v) is 7.71. The Balaban J connectivity index is 2.27. The van der Waals surface area contributed by atoms with Crippen molar-refractivity contribution in [2.24, 2.45) is 11.7 Å². The third kappa shape index (κ3) is 3.07. The molecule has 0 aliphatic carbocycles. The molecule has 1 aromatic carbocycles. The lowest BCUT2D eigenvalue weighted by Crippen LogP contribution is -2.54. The van der Waals surface area contributed by atoms with Crippen molar-refractivity contribution >= 4 is 0 Å². The summed E-state index contributed by atoms with van der Waals surface area (Å²) in [4.78, 5) is 0. The van der Waals surface area contributed by atoms with Crippen LogP contribution < -0.4 is 5.73 Å². The summed E-state index contributed by atoms with van der Waals surface area (Å²) in [5.74, 6) is 0.371. The summed E-state index contributed by atoms with van der Waals surface area (Å²) in [6.07, 6.45) is 2.91. The Morgan fingerprint density at radius 1 is 1.20 bits per heavy atom. The topological polar surface area (TPSA) is 35.2 Å². The normalized spacial score (nSPS) is 27.2. The molecule has 2 atom stereocenters. The number of benzene rings is 1. The van der Waals surface area contributed by atoms with E-state index < -0.39 is 0 Å². The molecule has 1 saturated heterocycles. The molecule has 0 aromatic heterocycles. The van der Waals surface area contributed by atoms with Gasteiger partial charge in [0.25, 0.3) is 0 Å². The molecule has 0 saturated carbocycles. The van der Waals surface area contributed by atoms with Gasteiger partial charge in [0.05, 0.1) is 11.2 Å². The summed E-state index contributed by atoms with van der Waals surface area (Å²) in [7, 11) is 0. The van der Waals surface area contributed by atoms with Crippen molar-refractivity contribution in [1.82, 2.24) is 0 Å². The van der Waals surface area contributed by atoms with Gasteiger partial charge in [-0.25, -0.2) is 0 Å². The fourth-order valence-electron chi connectivity index (χ4n) is 3.93. The van der Waals surface area contributed by atoms with Crippen molar-refractivity contribution in [2.45, 2.75) is 70.6 Å². The van der Waals surface area contributed by atoms with Crippen LogP contribution in [0.3, 0.4) is 0 Å². The largest absolute Gasteiger partial charge is 0.369 e. The van der Waals surface area contributed by atoms with E-state index >= 15 is 0 Å². The van der Waals surface area contributed by atoms with Gasteiger partial charge in [0, 0.05) is 11.5 Å². The van der Waals surface area contributed by atoms with Gasteiger partial charge in [0.1, 0.15) is 0 Å². The summed E-state index contributed by atoms with van der Waals surface area (Å²) in [5, 5.41) is 0. The molecule has 2 rings (SSSR count). The fourth-order valence-corrected chi connectivity index (χ4v) is 3.93. The minimum absolute atomic E-state index is 0.0787. The van der Waals surface area contributed by atoms with Gasteiger partial charge < -0.3 is 10.5 Å². The van der Waals surface area contributed by atoms with E-state index in [9.17, 15) is 0 Å². The highest BCUT2D eigenvalue weighted by atomic mass is 16.5. The van der Waals surface area contributed by atoms with E-state index in [0.717, 1.165) is 19.3 Å². The Kier molecular flexibility index (Phi) is 4.01. The van der Waals surface area contributed by atoms with Gasteiger partial charge in [-0.15, -0.1) is 0 Å². The quantitative estimate of drug-likeness (QED) is 0.903. The highest BCUT2D eigenvalue weighted by Crippen LogP contribution is 2.48. The molecule has 2 N–H and O–H groups in total. The fraction of sp³-hybridized carbons (Fsp3) is 0.667. The van der Waals surface area contributed by atoms with Gasteiger partial charge >= 0.3 is 0 Å². The smallest absolute Gasteiger partial charge is 0.0680 e. The summed E-state index contributed by atoms with van der Waals surface area (Å²) >= 11 is 0. The van der Waals surface area contributed by atoms with Crippen molar-refractivity contribution in [3.63, 3.8) is 0 Å². The molecule has 0 amide bonds. The Morgan fingerprint density at radius 3 is 2.25 bits per heavy atom. The van der Waals surface area contributed by atoms with Gasteiger partial charge in [0.2, 0.25) is 0 Å². The molecule has 112 valence electrons. The van der Waals surface area contributed by atoms with E-state index in [1.54, 1.807) is 0 Å². The summed E-state index contributed by atoms with van der Waals surface area (Å²) in [5.41, 5.74) is 7.72. The molecule has 1 aromatic rings. The zero-order chi connectivity index (χ0) is 15.0. The molecule has 20 heavy (non-hydrogen) atoms. The monoisotopic (exact) mass is 275 g/mol. The van der Waals surface area contributed by atoms with Crippen LogP contribution in [-0.2, 0) is 11.2 Å². The Bertz CT molecular complexity index is 452. The van der Waals surface area contributed by atoms with Crippen LogP contribution >= 0.6 is 0 Å². The maximum absolute atomic E-state index is 6.85. The van der Waals surface area contributed by atoms with E-state index in [-0.39, 0.29) is 16.7 Å². The van der Waals surface area contributed by atoms with Gasteiger partial charge in [-0.05, 0) is 52.5 Å². The molecular weight excluding hydrogens is 246 g/mol. The molecule has 0 spiro atoms. The predicted molar refractivity (Wildman–Crippen MR) is 84.7 cm³/mol. The first kappa shape index (κ1) is 15.5. The Morgan fingerprint density at radius 2 is 1.80 bits per heavy atom. The lowest BCUT2D eigenvalue weighted by Gasteiger charge is -2.41. The number of rotatable bonds is 4. The van der Waals surface area contributed by atoms with Crippen LogP contribution in [0.5, 0.6) is 0 Å². The van der Waals surface area contributed by atoms with E-state index in [4.69, 9.17) is 10.5 Å². The van der Waals surface area contributed by atoms with E-state index in [0.29, 0.717) is 5.92 Å². The second kappa shape index (κ2) is 5.16. The average Bonchev–Trinajstić information content (AvgIpc) is 2.59. The van der Waals surface area contributed by atoms with Crippen molar-refractivity contribution < 1.29 is 4.74 Å². The van der Waals surface area contributed by atoms with Crippen molar-refractivity contribution in [2.75, 3.05) is 0 Å².